The molecule has 9 nitrogen and oxygen atoms in total. The Morgan fingerprint density at radius 2 is 2.44 bits per heavy atom. The molecule has 1 aliphatic rings. The smallest absolute Gasteiger partial charge is 0.262 e. The van der Waals surface area contributed by atoms with Gasteiger partial charge in [0.25, 0.3) is 11.8 Å². The van der Waals surface area contributed by atoms with E-state index < -0.39 is 11.9 Å². The lowest BCUT2D eigenvalue weighted by molar-refractivity contribution is -0.130. The minimum Gasteiger partial charge on any atom is -0.338 e. The van der Waals surface area contributed by atoms with Gasteiger partial charge in [-0.3, -0.25) is 14.5 Å². The number of tetrazole rings is 1. The molecule has 0 spiro atoms. The first kappa shape index (κ1) is 10.2. The molecule has 0 saturated carbocycles. The Bertz CT molecular complexity index is 428. The Hall–Kier alpha value is -2.32. The lowest BCUT2D eigenvalue weighted by Gasteiger charge is -2.42. The molecule has 2 unspecified atom stereocenters. The standard InChI is InChI=1S/C7H9N7O2/c1-3-5(9-4(15)2-8)6(16)14(3)7-10-12-13-11-7/h2-3,5,8H,1H3,(H,9,15)(H,10,11,12,13). The third-order valence-electron chi connectivity index (χ3n) is 2.38. The third kappa shape index (κ3) is 1.42. The van der Waals surface area contributed by atoms with Crippen LogP contribution in [0.5, 0.6) is 0 Å². The zero-order chi connectivity index (χ0) is 11.7. The Morgan fingerprint density at radius 1 is 1.69 bits per heavy atom. The second kappa shape index (κ2) is 3.68. The molecule has 1 aromatic rings. The molecule has 1 aromatic heterocycles. The van der Waals surface area contributed by atoms with Crippen LogP contribution in [0, 0.1) is 5.41 Å². The predicted molar refractivity (Wildman–Crippen MR) is 51.8 cm³/mol. The van der Waals surface area contributed by atoms with Gasteiger partial charge in [0.05, 0.1) is 12.3 Å². The molecule has 1 fully saturated rings. The van der Waals surface area contributed by atoms with Crippen molar-refractivity contribution in [3.63, 3.8) is 0 Å². The number of H-pyrrole nitrogens is 1. The van der Waals surface area contributed by atoms with Gasteiger partial charge in [-0.2, -0.15) is 0 Å². The zero-order valence-electron chi connectivity index (χ0n) is 8.34. The Labute approximate surface area is 89.7 Å². The van der Waals surface area contributed by atoms with Crippen LogP contribution in [0.1, 0.15) is 6.92 Å². The second-order valence-corrected chi connectivity index (χ2v) is 3.30. The first-order valence-electron chi connectivity index (χ1n) is 4.53. The highest BCUT2D eigenvalue weighted by Gasteiger charge is 2.47. The van der Waals surface area contributed by atoms with Gasteiger partial charge in [0.2, 0.25) is 5.95 Å². The van der Waals surface area contributed by atoms with Crippen molar-refractivity contribution in [2.75, 3.05) is 4.90 Å². The van der Waals surface area contributed by atoms with Gasteiger partial charge in [-0.1, -0.05) is 5.10 Å². The highest BCUT2D eigenvalue weighted by atomic mass is 16.2. The summed E-state index contributed by atoms with van der Waals surface area (Å²) in [5, 5.41) is 21.9. The van der Waals surface area contributed by atoms with Crippen LogP contribution in [-0.2, 0) is 9.59 Å². The van der Waals surface area contributed by atoms with Gasteiger partial charge in [0.1, 0.15) is 6.04 Å². The maximum atomic E-state index is 11.6. The van der Waals surface area contributed by atoms with Crippen molar-refractivity contribution < 1.29 is 9.59 Å². The van der Waals surface area contributed by atoms with E-state index in [-0.39, 0.29) is 17.9 Å². The number of aromatic amines is 1. The third-order valence-corrected chi connectivity index (χ3v) is 2.38. The fourth-order valence-electron chi connectivity index (χ4n) is 1.55. The monoisotopic (exact) mass is 223 g/mol. The summed E-state index contributed by atoms with van der Waals surface area (Å²) >= 11 is 0. The largest absolute Gasteiger partial charge is 0.338 e. The number of hydrogen-bond acceptors (Lipinski definition) is 6. The van der Waals surface area contributed by atoms with E-state index in [1.54, 1.807) is 6.92 Å². The number of amides is 2. The molecule has 2 amide bonds. The summed E-state index contributed by atoms with van der Waals surface area (Å²) in [5.41, 5.74) is 0. The zero-order valence-corrected chi connectivity index (χ0v) is 8.34. The SMILES string of the molecule is CC1C(NC(=O)C=N)C(=O)N1c1nnn[nH]1. The van der Waals surface area contributed by atoms with Crippen LogP contribution >= 0.6 is 0 Å². The van der Waals surface area contributed by atoms with Gasteiger partial charge >= 0.3 is 0 Å². The fraction of sp³-hybridized carbons (Fsp3) is 0.429. The first-order valence-corrected chi connectivity index (χ1v) is 4.53. The highest BCUT2D eigenvalue weighted by Crippen LogP contribution is 2.23. The number of nitrogens with zero attached hydrogens (tertiary/aromatic N) is 4. The number of nitrogens with one attached hydrogen (secondary N) is 3. The summed E-state index contributed by atoms with van der Waals surface area (Å²) in [4.78, 5) is 23.9. The summed E-state index contributed by atoms with van der Waals surface area (Å²) in [7, 11) is 0. The van der Waals surface area contributed by atoms with Crippen molar-refractivity contribution in [3.8, 4) is 0 Å². The van der Waals surface area contributed by atoms with E-state index in [9.17, 15) is 9.59 Å². The molecule has 2 heterocycles. The van der Waals surface area contributed by atoms with E-state index in [1.165, 1.54) is 4.90 Å². The van der Waals surface area contributed by atoms with Gasteiger partial charge < -0.3 is 10.7 Å². The quantitative estimate of drug-likeness (QED) is 0.406. The van der Waals surface area contributed by atoms with Crippen molar-refractivity contribution in [1.29, 1.82) is 5.41 Å². The number of anilines is 1. The van der Waals surface area contributed by atoms with E-state index in [2.05, 4.69) is 25.9 Å². The molecular weight excluding hydrogens is 214 g/mol. The average molecular weight is 223 g/mol. The predicted octanol–water partition coefficient (Wildman–Crippen LogP) is -1.93. The number of aromatic nitrogens is 4. The van der Waals surface area contributed by atoms with E-state index in [0.717, 1.165) is 0 Å². The molecule has 0 bridgehead atoms. The van der Waals surface area contributed by atoms with Crippen LogP contribution in [0.3, 0.4) is 0 Å². The summed E-state index contributed by atoms with van der Waals surface area (Å²) < 4.78 is 0. The lowest BCUT2D eigenvalue weighted by atomic mass is 9.97. The number of carbonyl (C=O) groups is 2. The molecule has 16 heavy (non-hydrogen) atoms. The van der Waals surface area contributed by atoms with Crippen LogP contribution in [0.4, 0.5) is 5.95 Å². The van der Waals surface area contributed by atoms with Gasteiger partial charge in [-0.25, -0.2) is 5.10 Å². The Kier molecular flexibility index (Phi) is 2.35. The van der Waals surface area contributed by atoms with Crippen molar-refractivity contribution >= 4 is 24.0 Å². The van der Waals surface area contributed by atoms with Crippen molar-refractivity contribution in [2.24, 2.45) is 0 Å². The van der Waals surface area contributed by atoms with Gasteiger partial charge in [-0.05, 0) is 17.4 Å². The van der Waals surface area contributed by atoms with Crippen molar-refractivity contribution in [3.05, 3.63) is 0 Å². The molecule has 3 N–H and O–H groups in total. The minimum absolute atomic E-state index is 0.244. The molecular formula is C7H9N7O2. The summed E-state index contributed by atoms with van der Waals surface area (Å²) in [6.07, 6.45) is 0.624. The molecule has 9 heteroatoms. The van der Waals surface area contributed by atoms with Crippen molar-refractivity contribution in [2.45, 2.75) is 19.0 Å². The number of hydrogen-bond donors (Lipinski definition) is 3. The number of β-lactam (4-membered cyclic amide) rings is 1. The lowest BCUT2D eigenvalue weighted by Crippen LogP contribution is -2.70. The van der Waals surface area contributed by atoms with Crippen molar-refractivity contribution in [1.82, 2.24) is 25.9 Å². The van der Waals surface area contributed by atoms with E-state index in [1.807, 2.05) is 0 Å². The summed E-state index contributed by atoms with van der Waals surface area (Å²) in [6, 6.07) is -0.870. The Morgan fingerprint density at radius 3 is 2.94 bits per heavy atom. The van der Waals surface area contributed by atoms with E-state index >= 15 is 0 Å². The summed E-state index contributed by atoms with van der Waals surface area (Å²) in [6.45, 7) is 1.75. The highest BCUT2D eigenvalue weighted by molar-refractivity contribution is 6.26. The van der Waals surface area contributed by atoms with Crippen LogP contribution < -0.4 is 10.2 Å². The maximum Gasteiger partial charge on any atom is 0.262 e. The minimum atomic E-state index is -0.626. The molecule has 2 atom stereocenters. The Balaban J connectivity index is 2.06. The molecule has 1 saturated heterocycles. The van der Waals surface area contributed by atoms with Crippen LogP contribution in [0.2, 0.25) is 0 Å². The maximum absolute atomic E-state index is 11.6. The molecule has 1 aliphatic heterocycles. The molecule has 2 rings (SSSR count). The molecule has 84 valence electrons. The topological polar surface area (TPSA) is 128 Å². The molecule has 0 radical (unpaired) electrons. The van der Waals surface area contributed by atoms with Gasteiger partial charge in [-0.15, -0.1) is 0 Å². The van der Waals surface area contributed by atoms with E-state index in [0.29, 0.717) is 6.21 Å². The number of rotatable bonds is 3. The summed E-state index contributed by atoms with van der Waals surface area (Å²) in [5.74, 6) is -0.653. The fourth-order valence-corrected chi connectivity index (χ4v) is 1.55. The first-order chi connectivity index (χ1) is 7.65. The average Bonchev–Trinajstić information content (AvgIpc) is 2.79. The van der Waals surface area contributed by atoms with Gasteiger partial charge in [0, 0.05) is 0 Å². The van der Waals surface area contributed by atoms with Crippen LogP contribution in [-0.4, -0.2) is 50.7 Å². The van der Waals surface area contributed by atoms with E-state index in [4.69, 9.17) is 5.41 Å². The number of carbonyl (C=O) groups excluding carboxylic acids is 2. The molecule has 0 aliphatic carbocycles. The second-order valence-electron chi connectivity index (χ2n) is 3.30. The molecule has 0 aromatic carbocycles. The van der Waals surface area contributed by atoms with Crippen LogP contribution in [0.15, 0.2) is 0 Å². The van der Waals surface area contributed by atoms with Gasteiger partial charge in [0.15, 0.2) is 0 Å². The van der Waals surface area contributed by atoms with Crippen LogP contribution in [0.25, 0.3) is 0 Å². The normalized spacial score (nSPS) is 23.8.